The molecule has 0 fully saturated rings. The van der Waals surface area contributed by atoms with Gasteiger partial charge in [-0.1, -0.05) is 38.1 Å². The normalized spacial score (nSPS) is 11.9. The van der Waals surface area contributed by atoms with Crippen LogP contribution in [0.25, 0.3) is 0 Å². The van der Waals surface area contributed by atoms with Crippen molar-refractivity contribution in [3.63, 3.8) is 0 Å². The van der Waals surface area contributed by atoms with Crippen LogP contribution < -0.4 is 10.0 Å². The molecule has 2 N–H and O–H groups in total. The maximum absolute atomic E-state index is 12.9. The second kappa shape index (κ2) is 12.3. The van der Waals surface area contributed by atoms with E-state index in [1.54, 1.807) is 24.3 Å². The quantitative estimate of drug-likeness (QED) is 0.348. The van der Waals surface area contributed by atoms with E-state index in [0.717, 1.165) is 25.0 Å². The van der Waals surface area contributed by atoms with Crippen molar-refractivity contribution < 1.29 is 13.2 Å². The molecule has 0 aliphatic carbocycles. The molecule has 0 saturated heterocycles. The van der Waals surface area contributed by atoms with Crippen LogP contribution in [0, 0.1) is 11.3 Å². The van der Waals surface area contributed by atoms with Gasteiger partial charge >= 0.3 is 0 Å². The number of carbonyl (C=O) groups excluding carboxylic acids is 1. The Hall–Kier alpha value is -3.42. The smallest absolute Gasteiger partial charge is 0.263 e. The number of pyridine rings is 2. The van der Waals surface area contributed by atoms with Crippen molar-refractivity contribution in [3.8, 4) is 6.07 Å². The number of benzene rings is 1. The van der Waals surface area contributed by atoms with E-state index in [2.05, 4.69) is 33.0 Å². The Morgan fingerprint density at radius 2 is 1.89 bits per heavy atom. The molecule has 3 aromatic rings. The number of hydrogen-bond donors (Lipinski definition) is 2. The summed E-state index contributed by atoms with van der Waals surface area (Å²) in [5.41, 5.74) is 1.81. The van der Waals surface area contributed by atoms with Gasteiger partial charge in [0.15, 0.2) is 0 Å². The maximum Gasteiger partial charge on any atom is 0.263 e. The molecule has 3 rings (SSSR count). The van der Waals surface area contributed by atoms with Gasteiger partial charge in [0.05, 0.1) is 15.7 Å². The Labute approximate surface area is 210 Å². The van der Waals surface area contributed by atoms with E-state index in [0.29, 0.717) is 22.7 Å². The van der Waals surface area contributed by atoms with Gasteiger partial charge in [-0.3, -0.25) is 9.52 Å². The van der Waals surface area contributed by atoms with E-state index < -0.39 is 15.3 Å². The lowest BCUT2D eigenvalue weighted by atomic mass is 10.2. The number of rotatable bonds is 11. The summed E-state index contributed by atoms with van der Waals surface area (Å²) in [6, 6.07) is 16.6. The maximum atomic E-state index is 12.9. The first-order valence-corrected chi connectivity index (χ1v) is 13.6. The Bertz CT molecular complexity index is 1290. The van der Waals surface area contributed by atoms with Crippen LogP contribution in [-0.4, -0.2) is 29.5 Å². The lowest BCUT2D eigenvalue weighted by Gasteiger charge is -2.16. The zero-order valence-electron chi connectivity index (χ0n) is 19.6. The summed E-state index contributed by atoms with van der Waals surface area (Å²) in [5.74, 6) is -0.0267. The van der Waals surface area contributed by atoms with E-state index in [1.165, 1.54) is 42.2 Å². The molecule has 0 radical (unpaired) electrons. The van der Waals surface area contributed by atoms with Crippen molar-refractivity contribution in [2.24, 2.45) is 0 Å². The van der Waals surface area contributed by atoms with Gasteiger partial charge in [0, 0.05) is 17.6 Å². The summed E-state index contributed by atoms with van der Waals surface area (Å²) in [4.78, 5) is 21.6. The Morgan fingerprint density at radius 3 is 2.51 bits per heavy atom. The number of thioether (sulfide) groups is 1. The fourth-order valence-corrected chi connectivity index (χ4v) is 5.19. The van der Waals surface area contributed by atoms with E-state index in [4.69, 9.17) is 0 Å². The van der Waals surface area contributed by atoms with E-state index in [1.807, 2.05) is 13.0 Å². The second-order valence-electron chi connectivity index (χ2n) is 7.72. The molecule has 0 aliphatic rings. The zero-order valence-corrected chi connectivity index (χ0v) is 21.2. The molecular weight excluding hydrogens is 482 g/mol. The Balaban J connectivity index is 1.69. The minimum atomic E-state index is -3.81. The molecule has 0 spiro atoms. The Kier molecular flexibility index (Phi) is 9.23. The highest BCUT2D eigenvalue weighted by atomic mass is 32.2. The molecule has 0 aliphatic heterocycles. The minimum Gasteiger partial charge on any atom is -0.325 e. The molecule has 1 atom stereocenters. The van der Waals surface area contributed by atoms with Crippen LogP contribution in [0.15, 0.2) is 70.7 Å². The summed E-state index contributed by atoms with van der Waals surface area (Å²) in [6.07, 6.45) is 4.90. The summed E-state index contributed by atoms with van der Waals surface area (Å²) in [7, 11) is -3.81. The first-order valence-electron chi connectivity index (χ1n) is 11.3. The van der Waals surface area contributed by atoms with Crippen LogP contribution in [0.2, 0.25) is 0 Å². The molecule has 35 heavy (non-hydrogen) atoms. The average Bonchev–Trinajstić information content (AvgIpc) is 2.86. The van der Waals surface area contributed by atoms with Gasteiger partial charge in [-0.05, 0) is 67.8 Å². The number of aryl methyl sites for hydroxylation is 1. The fraction of sp³-hybridized carbons (Fsp3) is 0.280. The van der Waals surface area contributed by atoms with Crippen molar-refractivity contribution in [3.05, 3.63) is 72.1 Å². The fourth-order valence-electron chi connectivity index (χ4n) is 3.17. The van der Waals surface area contributed by atoms with Gasteiger partial charge in [-0.2, -0.15) is 5.26 Å². The third kappa shape index (κ3) is 7.28. The second-order valence-corrected chi connectivity index (χ2v) is 10.6. The third-order valence-corrected chi connectivity index (χ3v) is 7.81. The number of amides is 1. The molecule has 8 nitrogen and oxygen atoms in total. The third-order valence-electron chi connectivity index (χ3n) is 5.08. The lowest BCUT2D eigenvalue weighted by molar-refractivity contribution is -0.115. The summed E-state index contributed by atoms with van der Waals surface area (Å²) in [5, 5.41) is 12.4. The van der Waals surface area contributed by atoms with Crippen molar-refractivity contribution in [2.75, 3.05) is 10.0 Å². The number of aromatic nitrogens is 2. The topological polar surface area (TPSA) is 125 Å². The van der Waals surface area contributed by atoms with Crippen molar-refractivity contribution in [1.29, 1.82) is 5.26 Å². The number of anilines is 2. The van der Waals surface area contributed by atoms with Crippen LogP contribution in [0.5, 0.6) is 0 Å². The highest BCUT2D eigenvalue weighted by Gasteiger charge is 2.21. The van der Waals surface area contributed by atoms with Crippen LogP contribution >= 0.6 is 11.8 Å². The predicted octanol–water partition coefficient (Wildman–Crippen LogP) is 5.00. The number of nitrogens with zero attached hydrogens (tertiary/aromatic N) is 3. The van der Waals surface area contributed by atoms with Crippen molar-refractivity contribution in [2.45, 2.75) is 54.7 Å². The SMILES string of the molecule is CCCCc1ccc(C#N)c(SC(CC)C(=O)Nc2ccc(S(=O)(=O)Nc3ccccn3)cc2)n1. The van der Waals surface area contributed by atoms with Gasteiger partial charge < -0.3 is 5.32 Å². The number of nitrogens with one attached hydrogen (secondary N) is 2. The van der Waals surface area contributed by atoms with Crippen LogP contribution in [0.1, 0.15) is 44.4 Å². The van der Waals surface area contributed by atoms with E-state index in [9.17, 15) is 18.5 Å². The molecule has 2 aromatic heterocycles. The number of nitriles is 1. The van der Waals surface area contributed by atoms with E-state index in [-0.39, 0.29) is 16.6 Å². The number of sulfonamides is 1. The van der Waals surface area contributed by atoms with Gasteiger partial charge in [0.1, 0.15) is 16.9 Å². The van der Waals surface area contributed by atoms with Crippen LogP contribution in [0.4, 0.5) is 11.5 Å². The summed E-state index contributed by atoms with van der Waals surface area (Å²) >= 11 is 1.27. The monoisotopic (exact) mass is 509 g/mol. The first-order chi connectivity index (χ1) is 16.9. The number of hydrogen-bond acceptors (Lipinski definition) is 7. The molecule has 2 heterocycles. The standard InChI is InChI=1S/C25H27N5O3S2/c1-3-5-8-19-11-10-18(17-26)25(29-19)34-22(4-2)24(31)28-20-12-14-21(15-13-20)35(32,33)30-23-9-6-7-16-27-23/h6-7,9-16,22H,3-5,8H2,1-2H3,(H,27,30)(H,28,31). The Morgan fingerprint density at radius 1 is 1.11 bits per heavy atom. The molecule has 1 amide bonds. The van der Waals surface area contributed by atoms with E-state index >= 15 is 0 Å². The predicted molar refractivity (Wildman–Crippen MR) is 138 cm³/mol. The average molecular weight is 510 g/mol. The lowest BCUT2D eigenvalue weighted by Crippen LogP contribution is -2.25. The molecule has 1 aromatic carbocycles. The van der Waals surface area contributed by atoms with Gasteiger partial charge in [-0.25, -0.2) is 18.4 Å². The van der Waals surface area contributed by atoms with Gasteiger partial charge in [0.2, 0.25) is 5.91 Å². The highest BCUT2D eigenvalue weighted by molar-refractivity contribution is 8.00. The molecule has 0 bridgehead atoms. The van der Waals surface area contributed by atoms with Crippen LogP contribution in [-0.2, 0) is 21.2 Å². The largest absolute Gasteiger partial charge is 0.325 e. The zero-order chi connectivity index (χ0) is 25.3. The summed E-state index contributed by atoms with van der Waals surface area (Å²) < 4.78 is 27.6. The molecule has 1 unspecified atom stereocenters. The van der Waals surface area contributed by atoms with Crippen LogP contribution in [0.3, 0.4) is 0 Å². The van der Waals surface area contributed by atoms with Crippen molar-refractivity contribution >= 4 is 39.2 Å². The summed E-state index contributed by atoms with van der Waals surface area (Å²) in [6.45, 7) is 4.00. The number of carbonyl (C=O) groups is 1. The number of unbranched alkanes of at least 4 members (excludes halogenated alkanes) is 1. The van der Waals surface area contributed by atoms with Crippen molar-refractivity contribution in [1.82, 2.24) is 9.97 Å². The first kappa shape index (κ1) is 26.2. The molecule has 10 heteroatoms. The highest BCUT2D eigenvalue weighted by Crippen LogP contribution is 2.28. The molecule has 0 saturated carbocycles. The molecule has 182 valence electrons. The van der Waals surface area contributed by atoms with Gasteiger partial charge in [-0.15, -0.1) is 0 Å². The molecular formula is C25H27N5O3S2. The van der Waals surface area contributed by atoms with Gasteiger partial charge in [0.25, 0.3) is 10.0 Å². The minimum absolute atomic E-state index is 0.0503.